The molecule has 0 aliphatic carbocycles. The maximum Gasteiger partial charge on any atom is 0.265 e. The smallest absolute Gasteiger partial charge is 0.265 e. The van der Waals surface area contributed by atoms with Gasteiger partial charge in [0.05, 0.1) is 11.1 Å². The van der Waals surface area contributed by atoms with E-state index in [0.29, 0.717) is 13.1 Å². The normalized spacial score (nSPS) is 17.2. The Labute approximate surface area is 162 Å². The summed E-state index contributed by atoms with van der Waals surface area (Å²) in [6.07, 6.45) is 0. The summed E-state index contributed by atoms with van der Waals surface area (Å²) < 4.78 is 13.9. The van der Waals surface area contributed by atoms with Gasteiger partial charge in [-0.2, -0.15) is 0 Å². The summed E-state index contributed by atoms with van der Waals surface area (Å²) >= 11 is 0. The highest BCUT2D eigenvalue weighted by atomic mass is 19.1. The van der Waals surface area contributed by atoms with Crippen LogP contribution < -0.4 is 0 Å². The highest BCUT2D eigenvalue weighted by molar-refractivity contribution is 6.22. The number of carbonyl (C=O) groups is 3. The number of hydrogen-bond donors (Lipinski definition) is 0. The molecule has 0 bridgehead atoms. The van der Waals surface area contributed by atoms with E-state index in [4.69, 9.17) is 0 Å². The zero-order valence-electron chi connectivity index (χ0n) is 15.3. The number of nitrogens with zero attached hydrogens (tertiary/aromatic N) is 3. The van der Waals surface area contributed by atoms with E-state index in [1.807, 2.05) is 18.2 Å². The van der Waals surface area contributed by atoms with Crippen molar-refractivity contribution in [1.29, 1.82) is 0 Å². The average Bonchev–Trinajstić information content (AvgIpc) is 2.95. The quantitative estimate of drug-likeness (QED) is 0.758. The maximum absolute atomic E-state index is 13.9. The zero-order valence-corrected chi connectivity index (χ0v) is 15.3. The molecule has 1 saturated heterocycles. The lowest BCUT2D eigenvalue weighted by molar-refractivity contribution is -0.133. The molecule has 28 heavy (non-hydrogen) atoms. The third-order valence-electron chi connectivity index (χ3n) is 5.22. The van der Waals surface area contributed by atoms with Crippen LogP contribution in [0.15, 0.2) is 48.5 Å². The lowest BCUT2D eigenvalue weighted by Crippen LogP contribution is -2.51. The van der Waals surface area contributed by atoms with Crippen LogP contribution in [-0.4, -0.2) is 65.1 Å². The first-order chi connectivity index (χ1) is 13.5. The van der Waals surface area contributed by atoms with Gasteiger partial charge in [0.15, 0.2) is 0 Å². The molecule has 2 aliphatic rings. The number of piperazine rings is 1. The Hall–Kier alpha value is -3.06. The third-order valence-corrected chi connectivity index (χ3v) is 5.22. The van der Waals surface area contributed by atoms with E-state index in [1.165, 1.54) is 17.7 Å². The van der Waals surface area contributed by atoms with Gasteiger partial charge in [-0.1, -0.05) is 36.4 Å². The summed E-state index contributed by atoms with van der Waals surface area (Å²) in [5.41, 5.74) is 0.994. The molecule has 3 amide bonds. The van der Waals surface area contributed by atoms with Crippen molar-refractivity contribution in [3.63, 3.8) is 0 Å². The predicted octanol–water partition coefficient (Wildman–Crippen LogP) is 1.77. The van der Waals surface area contributed by atoms with Crippen LogP contribution >= 0.6 is 0 Å². The maximum atomic E-state index is 13.9. The van der Waals surface area contributed by atoms with Gasteiger partial charge in [-0.05, 0) is 17.7 Å². The molecule has 2 aromatic rings. The molecule has 0 saturated carbocycles. The van der Waals surface area contributed by atoms with Crippen LogP contribution in [0.1, 0.15) is 26.3 Å². The van der Waals surface area contributed by atoms with E-state index in [0.717, 1.165) is 30.6 Å². The molecule has 0 atom stereocenters. The predicted molar refractivity (Wildman–Crippen MR) is 100 cm³/mol. The number of amides is 3. The molecule has 0 radical (unpaired) electrons. The van der Waals surface area contributed by atoms with E-state index in [-0.39, 0.29) is 23.6 Å². The highest BCUT2D eigenvalue weighted by Gasteiger charge is 2.39. The van der Waals surface area contributed by atoms with Crippen LogP contribution in [0.3, 0.4) is 0 Å². The molecule has 0 spiro atoms. The van der Waals surface area contributed by atoms with Crippen molar-refractivity contribution in [3.05, 3.63) is 71.0 Å². The first-order valence-electron chi connectivity index (χ1n) is 9.23. The minimum absolute atomic E-state index is 0.0190. The van der Waals surface area contributed by atoms with Crippen molar-refractivity contribution in [1.82, 2.24) is 14.7 Å². The number of halogens is 1. The van der Waals surface area contributed by atoms with Crippen molar-refractivity contribution in [2.45, 2.75) is 6.54 Å². The Morgan fingerprint density at radius 2 is 1.61 bits per heavy atom. The van der Waals surface area contributed by atoms with Gasteiger partial charge in [0.25, 0.3) is 11.8 Å². The van der Waals surface area contributed by atoms with E-state index in [1.54, 1.807) is 4.90 Å². The standard InChI is InChI=1S/C21H20FN3O3/c22-17-8-4-7-16-19(17)21(28)25(20(16)27)14-18(26)24-11-9-23(10-12-24)13-15-5-2-1-3-6-15/h1-8H,9-14H2. The second-order valence-corrected chi connectivity index (χ2v) is 7.00. The second-order valence-electron chi connectivity index (χ2n) is 7.00. The fourth-order valence-electron chi connectivity index (χ4n) is 3.67. The minimum atomic E-state index is -0.742. The molecule has 1 fully saturated rings. The fourth-order valence-corrected chi connectivity index (χ4v) is 3.67. The topological polar surface area (TPSA) is 60.9 Å². The number of imide groups is 1. The Balaban J connectivity index is 1.35. The van der Waals surface area contributed by atoms with E-state index in [9.17, 15) is 18.8 Å². The lowest BCUT2D eigenvalue weighted by atomic mass is 10.1. The number of fused-ring (bicyclic) bond motifs is 1. The summed E-state index contributed by atoms with van der Waals surface area (Å²) in [6, 6.07) is 14.0. The monoisotopic (exact) mass is 381 g/mol. The number of rotatable bonds is 4. The first-order valence-corrected chi connectivity index (χ1v) is 9.23. The molecule has 2 aliphatic heterocycles. The molecular formula is C21H20FN3O3. The molecule has 2 heterocycles. The third kappa shape index (κ3) is 3.41. The second kappa shape index (κ2) is 7.52. The number of hydrogen-bond acceptors (Lipinski definition) is 4. The Bertz CT molecular complexity index is 924. The van der Waals surface area contributed by atoms with Gasteiger partial charge >= 0.3 is 0 Å². The summed E-state index contributed by atoms with van der Waals surface area (Å²) in [6.45, 7) is 2.96. The Morgan fingerprint density at radius 3 is 2.29 bits per heavy atom. The van der Waals surface area contributed by atoms with E-state index >= 15 is 0 Å². The van der Waals surface area contributed by atoms with Crippen LogP contribution in [0.2, 0.25) is 0 Å². The molecule has 7 heteroatoms. The van der Waals surface area contributed by atoms with Crippen molar-refractivity contribution in [3.8, 4) is 0 Å². The van der Waals surface area contributed by atoms with Gasteiger partial charge in [-0.25, -0.2) is 4.39 Å². The summed E-state index contributed by atoms with van der Waals surface area (Å²) in [5, 5.41) is 0. The molecule has 2 aromatic carbocycles. The molecule has 4 rings (SSSR count). The fraction of sp³-hybridized carbons (Fsp3) is 0.286. The van der Waals surface area contributed by atoms with Crippen LogP contribution in [0.4, 0.5) is 4.39 Å². The van der Waals surface area contributed by atoms with Crippen molar-refractivity contribution < 1.29 is 18.8 Å². The van der Waals surface area contributed by atoms with Gasteiger partial charge in [0, 0.05) is 32.7 Å². The first kappa shape index (κ1) is 18.3. The summed E-state index contributed by atoms with van der Waals surface area (Å²) in [5.74, 6) is -2.39. The summed E-state index contributed by atoms with van der Waals surface area (Å²) in [7, 11) is 0. The van der Waals surface area contributed by atoms with E-state index < -0.39 is 17.6 Å². The molecule has 0 N–H and O–H groups in total. The van der Waals surface area contributed by atoms with Crippen molar-refractivity contribution in [2.24, 2.45) is 0 Å². The van der Waals surface area contributed by atoms with Crippen LogP contribution in [0, 0.1) is 5.82 Å². The molecule has 0 aromatic heterocycles. The largest absolute Gasteiger partial charge is 0.339 e. The Kier molecular flexibility index (Phi) is 4.92. The van der Waals surface area contributed by atoms with Crippen molar-refractivity contribution >= 4 is 17.7 Å². The van der Waals surface area contributed by atoms with Crippen LogP contribution in [0.5, 0.6) is 0 Å². The Morgan fingerprint density at radius 1 is 0.893 bits per heavy atom. The molecule has 0 unspecified atom stereocenters. The van der Waals surface area contributed by atoms with Gasteiger partial charge in [0.1, 0.15) is 12.4 Å². The van der Waals surface area contributed by atoms with Gasteiger partial charge in [-0.3, -0.25) is 24.2 Å². The average molecular weight is 381 g/mol. The lowest BCUT2D eigenvalue weighted by Gasteiger charge is -2.35. The van der Waals surface area contributed by atoms with Gasteiger partial charge in [0.2, 0.25) is 5.91 Å². The zero-order chi connectivity index (χ0) is 19.7. The molecular weight excluding hydrogens is 361 g/mol. The van der Waals surface area contributed by atoms with E-state index in [2.05, 4.69) is 17.0 Å². The molecule has 6 nitrogen and oxygen atoms in total. The van der Waals surface area contributed by atoms with Crippen molar-refractivity contribution in [2.75, 3.05) is 32.7 Å². The SMILES string of the molecule is O=C(CN1C(=O)c2cccc(F)c2C1=O)N1CCN(Cc2ccccc2)CC1. The minimum Gasteiger partial charge on any atom is -0.339 e. The van der Waals surface area contributed by atoms with Crippen LogP contribution in [0.25, 0.3) is 0 Å². The summed E-state index contributed by atoms with van der Waals surface area (Å²) in [4.78, 5) is 42.1. The molecule has 144 valence electrons. The van der Waals surface area contributed by atoms with Gasteiger partial charge in [-0.15, -0.1) is 0 Å². The number of carbonyl (C=O) groups excluding carboxylic acids is 3. The number of benzene rings is 2. The highest BCUT2D eigenvalue weighted by Crippen LogP contribution is 2.25. The van der Waals surface area contributed by atoms with Gasteiger partial charge < -0.3 is 4.90 Å². The van der Waals surface area contributed by atoms with Crippen LogP contribution in [-0.2, 0) is 11.3 Å².